The molecule has 0 aromatic heterocycles. The first-order valence-corrected chi connectivity index (χ1v) is 6.09. The van der Waals surface area contributed by atoms with E-state index in [1.165, 1.54) is 11.9 Å². The number of nitrogens with two attached hydrogens (primary N) is 1. The lowest BCUT2D eigenvalue weighted by atomic mass is 10.1. The molecule has 0 atom stereocenters. The lowest BCUT2D eigenvalue weighted by Gasteiger charge is -2.18. The van der Waals surface area contributed by atoms with Gasteiger partial charge in [0.05, 0.1) is 24.3 Å². The van der Waals surface area contributed by atoms with E-state index < -0.39 is 18.5 Å². The van der Waals surface area contributed by atoms with Crippen LogP contribution in [0.5, 0.6) is 0 Å². The van der Waals surface area contributed by atoms with E-state index in [0.717, 1.165) is 5.56 Å². The Morgan fingerprint density at radius 3 is 2.60 bits per heavy atom. The van der Waals surface area contributed by atoms with Crippen molar-refractivity contribution in [2.45, 2.75) is 19.5 Å². The third-order valence-corrected chi connectivity index (χ3v) is 2.76. The van der Waals surface area contributed by atoms with Crippen molar-refractivity contribution < 1.29 is 18.0 Å². The Bertz CT molecular complexity index is 454. The number of benzene rings is 1. The average Bonchev–Trinajstić information content (AvgIpc) is 2.31. The molecule has 0 aliphatic rings. The number of alkyl halides is 3. The molecule has 0 saturated heterocycles. The summed E-state index contributed by atoms with van der Waals surface area (Å²) in [7, 11) is 1.46. The van der Waals surface area contributed by atoms with E-state index in [0.29, 0.717) is 11.4 Å². The number of hydrogen-bond acceptors (Lipinski definition) is 3. The molecule has 0 fully saturated rings. The standard InChI is InChI=1S/C13H18F3N3O/c1-9-4-3-5-10(17)12(9)18-11(20)8-19(2)7-6-13(14,15)16/h3-5H,6-8,17H2,1-2H3,(H,18,20). The molecule has 20 heavy (non-hydrogen) atoms. The topological polar surface area (TPSA) is 58.4 Å². The van der Waals surface area contributed by atoms with Crippen LogP contribution < -0.4 is 11.1 Å². The molecule has 0 aliphatic carbocycles. The molecule has 0 saturated carbocycles. The number of halogens is 3. The van der Waals surface area contributed by atoms with E-state index in [1.807, 2.05) is 0 Å². The van der Waals surface area contributed by atoms with Crippen molar-refractivity contribution >= 4 is 17.3 Å². The highest BCUT2D eigenvalue weighted by molar-refractivity contribution is 5.96. The van der Waals surface area contributed by atoms with E-state index in [2.05, 4.69) is 5.32 Å². The number of para-hydroxylation sites is 1. The van der Waals surface area contributed by atoms with Crippen molar-refractivity contribution in [1.82, 2.24) is 4.90 Å². The van der Waals surface area contributed by atoms with Gasteiger partial charge in [0.1, 0.15) is 0 Å². The fourth-order valence-electron chi connectivity index (χ4n) is 1.68. The number of nitrogens with one attached hydrogen (secondary N) is 1. The highest BCUT2D eigenvalue weighted by Gasteiger charge is 2.27. The van der Waals surface area contributed by atoms with Crippen LogP contribution in [0.25, 0.3) is 0 Å². The van der Waals surface area contributed by atoms with Gasteiger partial charge >= 0.3 is 6.18 Å². The summed E-state index contributed by atoms with van der Waals surface area (Å²) in [4.78, 5) is 13.1. The first kappa shape index (κ1) is 16.3. The predicted octanol–water partition coefficient (Wildman–Crippen LogP) is 2.40. The van der Waals surface area contributed by atoms with Crippen molar-refractivity contribution in [1.29, 1.82) is 0 Å². The molecule has 0 aliphatic heterocycles. The third-order valence-electron chi connectivity index (χ3n) is 2.76. The van der Waals surface area contributed by atoms with Crippen molar-refractivity contribution in [2.75, 3.05) is 31.2 Å². The van der Waals surface area contributed by atoms with Gasteiger partial charge in [-0.15, -0.1) is 0 Å². The fourth-order valence-corrected chi connectivity index (χ4v) is 1.68. The summed E-state index contributed by atoms with van der Waals surface area (Å²) in [5.74, 6) is -0.393. The Labute approximate surface area is 115 Å². The van der Waals surface area contributed by atoms with E-state index in [9.17, 15) is 18.0 Å². The molecular formula is C13H18F3N3O. The lowest BCUT2D eigenvalue weighted by molar-refractivity contribution is -0.138. The molecule has 0 spiro atoms. The number of anilines is 2. The van der Waals surface area contributed by atoms with Gasteiger partial charge in [0.15, 0.2) is 0 Å². The van der Waals surface area contributed by atoms with Gasteiger partial charge in [-0.25, -0.2) is 0 Å². The van der Waals surface area contributed by atoms with Crippen LogP contribution in [0.3, 0.4) is 0 Å². The summed E-state index contributed by atoms with van der Waals surface area (Å²) < 4.78 is 36.2. The highest BCUT2D eigenvalue weighted by Crippen LogP contribution is 2.22. The maximum atomic E-state index is 12.1. The first-order chi connectivity index (χ1) is 9.19. The van der Waals surface area contributed by atoms with E-state index >= 15 is 0 Å². The number of nitrogen functional groups attached to an aromatic ring is 1. The second-order valence-corrected chi connectivity index (χ2v) is 4.69. The van der Waals surface area contributed by atoms with Crippen LogP contribution >= 0.6 is 0 Å². The molecule has 1 amide bonds. The minimum atomic E-state index is -4.22. The SMILES string of the molecule is Cc1cccc(N)c1NC(=O)CN(C)CCC(F)(F)F. The number of nitrogens with zero attached hydrogens (tertiary/aromatic N) is 1. The average molecular weight is 289 g/mol. The molecule has 0 bridgehead atoms. The summed E-state index contributed by atoms with van der Waals surface area (Å²) in [5, 5.41) is 2.62. The van der Waals surface area contributed by atoms with Crippen LogP contribution in [-0.2, 0) is 4.79 Å². The molecule has 4 nitrogen and oxygen atoms in total. The Morgan fingerprint density at radius 1 is 1.40 bits per heavy atom. The van der Waals surface area contributed by atoms with E-state index in [1.54, 1.807) is 25.1 Å². The predicted molar refractivity (Wildman–Crippen MR) is 72.4 cm³/mol. The minimum absolute atomic E-state index is 0.121. The second kappa shape index (κ2) is 6.60. The number of hydrogen-bond donors (Lipinski definition) is 2. The smallest absolute Gasteiger partial charge is 0.390 e. The van der Waals surface area contributed by atoms with Gasteiger partial charge in [0.25, 0.3) is 0 Å². The zero-order valence-electron chi connectivity index (χ0n) is 11.4. The Kier molecular flexibility index (Phi) is 5.38. The van der Waals surface area contributed by atoms with Crippen LogP contribution in [0.1, 0.15) is 12.0 Å². The zero-order valence-corrected chi connectivity index (χ0v) is 11.4. The maximum Gasteiger partial charge on any atom is 0.390 e. The molecule has 112 valence electrons. The Balaban J connectivity index is 2.52. The van der Waals surface area contributed by atoms with Crippen LogP contribution in [0.2, 0.25) is 0 Å². The first-order valence-electron chi connectivity index (χ1n) is 6.09. The molecule has 1 rings (SSSR count). The molecular weight excluding hydrogens is 271 g/mol. The van der Waals surface area contributed by atoms with Gasteiger partial charge in [-0.3, -0.25) is 9.69 Å². The van der Waals surface area contributed by atoms with Crippen LogP contribution in [-0.4, -0.2) is 37.1 Å². The van der Waals surface area contributed by atoms with Crippen molar-refractivity contribution in [3.8, 4) is 0 Å². The largest absolute Gasteiger partial charge is 0.397 e. The monoisotopic (exact) mass is 289 g/mol. The second-order valence-electron chi connectivity index (χ2n) is 4.69. The number of likely N-dealkylation sites (N-methyl/N-ethyl adjacent to an activating group) is 1. The highest BCUT2D eigenvalue weighted by atomic mass is 19.4. The summed E-state index contributed by atoms with van der Waals surface area (Å²) in [6, 6.07) is 5.20. The molecule has 1 aromatic rings. The normalized spacial score (nSPS) is 11.7. The van der Waals surface area contributed by atoms with Crippen LogP contribution in [0.4, 0.5) is 24.5 Å². The van der Waals surface area contributed by atoms with Gasteiger partial charge in [-0.2, -0.15) is 13.2 Å². The quantitative estimate of drug-likeness (QED) is 0.818. The van der Waals surface area contributed by atoms with Crippen LogP contribution in [0.15, 0.2) is 18.2 Å². The summed E-state index contributed by atoms with van der Waals surface area (Å²) in [6.07, 6.45) is -5.16. The van der Waals surface area contributed by atoms with Gasteiger partial charge in [-0.1, -0.05) is 12.1 Å². The number of rotatable bonds is 5. The minimum Gasteiger partial charge on any atom is -0.397 e. The number of carbonyl (C=O) groups is 1. The Morgan fingerprint density at radius 2 is 2.05 bits per heavy atom. The van der Waals surface area contributed by atoms with Gasteiger partial charge in [-0.05, 0) is 25.6 Å². The van der Waals surface area contributed by atoms with Crippen molar-refractivity contribution in [2.24, 2.45) is 0 Å². The maximum absolute atomic E-state index is 12.1. The van der Waals surface area contributed by atoms with Gasteiger partial charge in [0.2, 0.25) is 5.91 Å². The molecule has 7 heteroatoms. The van der Waals surface area contributed by atoms with Gasteiger partial charge < -0.3 is 11.1 Å². The lowest BCUT2D eigenvalue weighted by Crippen LogP contribution is -2.33. The summed E-state index contributed by atoms with van der Waals surface area (Å²) in [6.45, 7) is 1.45. The molecule has 1 aromatic carbocycles. The van der Waals surface area contributed by atoms with E-state index in [-0.39, 0.29) is 13.1 Å². The number of carbonyl (C=O) groups excluding carboxylic acids is 1. The molecule has 0 unspecified atom stereocenters. The van der Waals surface area contributed by atoms with Crippen molar-refractivity contribution in [3.63, 3.8) is 0 Å². The third kappa shape index (κ3) is 5.48. The van der Waals surface area contributed by atoms with Crippen LogP contribution in [0, 0.1) is 6.92 Å². The fraction of sp³-hybridized carbons (Fsp3) is 0.462. The van der Waals surface area contributed by atoms with E-state index in [4.69, 9.17) is 5.73 Å². The van der Waals surface area contributed by atoms with Gasteiger partial charge in [0, 0.05) is 6.54 Å². The molecule has 0 radical (unpaired) electrons. The molecule has 3 N–H and O–H groups in total. The summed E-state index contributed by atoms with van der Waals surface area (Å²) in [5.41, 5.74) is 7.47. The van der Waals surface area contributed by atoms with Crippen molar-refractivity contribution in [3.05, 3.63) is 23.8 Å². The number of aryl methyl sites for hydroxylation is 1. The number of amides is 1. The molecule has 0 heterocycles. The zero-order chi connectivity index (χ0) is 15.3. The summed E-state index contributed by atoms with van der Waals surface area (Å²) >= 11 is 0. The Hall–Kier alpha value is -1.76.